The van der Waals surface area contributed by atoms with E-state index in [0.29, 0.717) is 16.9 Å². The lowest BCUT2D eigenvalue weighted by molar-refractivity contribution is -0.118. The van der Waals surface area contributed by atoms with E-state index in [1.807, 2.05) is 0 Å². The van der Waals surface area contributed by atoms with Crippen molar-refractivity contribution in [1.29, 1.82) is 0 Å². The van der Waals surface area contributed by atoms with Crippen LogP contribution in [-0.4, -0.2) is 17.1 Å². The van der Waals surface area contributed by atoms with E-state index in [0.717, 1.165) is 18.5 Å². The van der Waals surface area contributed by atoms with Crippen LogP contribution in [0, 0.1) is 17.8 Å². The fourth-order valence-electron chi connectivity index (χ4n) is 2.96. The van der Waals surface area contributed by atoms with E-state index in [4.69, 9.17) is 11.6 Å². The van der Waals surface area contributed by atoms with Gasteiger partial charge in [-0.15, -0.1) is 0 Å². The predicted molar refractivity (Wildman–Crippen MR) is 65.8 cm³/mol. The second-order valence-corrected chi connectivity index (χ2v) is 5.41. The molecule has 1 aromatic carbocycles. The highest BCUT2D eigenvalue weighted by Crippen LogP contribution is 2.57. The largest absolute Gasteiger partial charge is 0.393 e. The maximum absolute atomic E-state index is 12.0. The Labute approximate surface area is 105 Å². The second-order valence-electron chi connectivity index (χ2n) is 4.97. The highest BCUT2D eigenvalue weighted by Gasteiger charge is 2.59. The van der Waals surface area contributed by atoms with Gasteiger partial charge in [0.15, 0.2) is 0 Å². The SMILES string of the molecule is O=C(Nc1ccc(Cl)cc1)C1[C@H]2CC(O)C[C@@H]12. The standard InChI is InChI=1S/C13H14ClNO2/c14-7-1-3-8(4-2-7)15-13(17)12-10-5-9(16)6-11(10)12/h1-4,9-12,16H,5-6H2,(H,15,17)/t9?,10-,11+,12?. The zero-order valence-corrected chi connectivity index (χ0v) is 10.0. The van der Waals surface area contributed by atoms with Gasteiger partial charge < -0.3 is 10.4 Å². The Morgan fingerprint density at radius 1 is 1.24 bits per heavy atom. The monoisotopic (exact) mass is 251 g/mol. The van der Waals surface area contributed by atoms with Crippen LogP contribution in [0.15, 0.2) is 24.3 Å². The molecule has 1 aromatic rings. The fourth-order valence-corrected chi connectivity index (χ4v) is 3.09. The van der Waals surface area contributed by atoms with Crippen molar-refractivity contribution in [2.75, 3.05) is 5.32 Å². The van der Waals surface area contributed by atoms with E-state index in [1.54, 1.807) is 24.3 Å². The average molecular weight is 252 g/mol. The van der Waals surface area contributed by atoms with Gasteiger partial charge in [0, 0.05) is 16.6 Å². The molecule has 0 saturated heterocycles. The Morgan fingerprint density at radius 3 is 2.41 bits per heavy atom. The lowest BCUT2D eigenvalue weighted by Crippen LogP contribution is -2.19. The fraction of sp³-hybridized carbons (Fsp3) is 0.462. The summed E-state index contributed by atoms with van der Waals surface area (Å²) in [5.41, 5.74) is 0.782. The Hall–Kier alpha value is -1.06. The molecule has 2 unspecified atom stereocenters. The summed E-state index contributed by atoms with van der Waals surface area (Å²) >= 11 is 5.78. The van der Waals surface area contributed by atoms with E-state index in [2.05, 4.69) is 5.32 Å². The van der Waals surface area contributed by atoms with E-state index in [1.165, 1.54) is 0 Å². The number of amides is 1. The number of halogens is 1. The lowest BCUT2D eigenvalue weighted by Gasteiger charge is -2.09. The second kappa shape index (κ2) is 4.00. The van der Waals surface area contributed by atoms with Crippen LogP contribution in [0.1, 0.15) is 12.8 Å². The minimum absolute atomic E-state index is 0.0780. The zero-order chi connectivity index (χ0) is 12.0. The van der Waals surface area contributed by atoms with Gasteiger partial charge in [-0.25, -0.2) is 0 Å². The Morgan fingerprint density at radius 2 is 1.82 bits per heavy atom. The number of aliphatic hydroxyl groups excluding tert-OH is 1. The molecule has 0 radical (unpaired) electrons. The zero-order valence-electron chi connectivity index (χ0n) is 9.27. The summed E-state index contributed by atoms with van der Waals surface area (Å²) in [6.45, 7) is 0. The van der Waals surface area contributed by atoms with Crippen molar-refractivity contribution in [1.82, 2.24) is 0 Å². The first kappa shape index (κ1) is 11.1. The van der Waals surface area contributed by atoms with Gasteiger partial charge >= 0.3 is 0 Å². The number of nitrogens with one attached hydrogen (secondary N) is 1. The van der Waals surface area contributed by atoms with Crippen LogP contribution in [0.3, 0.4) is 0 Å². The van der Waals surface area contributed by atoms with Crippen molar-refractivity contribution in [2.24, 2.45) is 17.8 Å². The van der Waals surface area contributed by atoms with Crippen LogP contribution in [-0.2, 0) is 4.79 Å². The molecule has 3 nitrogen and oxygen atoms in total. The van der Waals surface area contributed by atoms with E-state index < -0.39 is 0 Å². The number of fused-ring (bicyclic) bond motifs is 1. The van der Waals surface area contributed by atoms with Crippen molar-refractivity contribution in [2.45, 2.75) is 18.9 Å². The van der Waals surface area contributed by atoms with E-state index in [-0.39, 0.29) is 17.9 Å². The number of rotatable bonds is 2. The van der Waals surface area contributed by atoms with Gasteiger partial charge in [-0.2, -0.15) is 0 Å². The summed E-state index contributed by atoms with van der Waals surface area (Å²) in [6, 6.07) is 7.11. The maximum Gasteiger partial charge on any atom is 0.228 e. The van der Waals surface area contributed by atoms with Crippen LogP contribution in [0.25, 0.3) is 0 Å². The molecule has 2 saturated carbocycles. The minimum atomic E-state index is -0.190. The number of aliphatic hydroxyl groups is 1. The normalized spacial score (nSPS) is 34.2. The highest BCUT2D eigenvalue weighted by atomic mass is 35.5. The van der Waals surface area contributed by atoms with Crippen molar-refractivity contribution in [3.8, 4) is 0 Å². The molecule has 0 heterocycles. The number of hydrogen-bond donors (Lipinski definition) is 2. The van der Waals surface area contributed by atoms with E-state index >= 15 is 0 Å². The Balaban J connectivity index is 1.60. The molecule has 0 aliphatic heterocycles. The van der Waals surface area contributed by atoms with Crippen LogP contribution >= 0.6 is 11.6 Å². The maximum atomic E-state index is 12.0. The van der Waals surface area contributed by atoms with Crippen molar-refractivity contribution in [3.63, 3.8) is 0 Å². The number of benzene rings is 1. The summed E-state index contributed by atoms with van der Waals surface area (Å²) in [7, 11) is 0. The molecule has 1 amide bonds. The minimum Gasteiger partial charge on any atom is -0.393 e. The third kappa shape index (κ3) is 2.05. The van der Waals surface area contributed by atoms with Crippen LogP contribution in [0.4, 0.5) is 5.69 Å². The number of carbonyl (C=O) groups is 1. The molecule has 3 rings (SSSR count). The molecule has 90 valence electrons. The van der Waals surface area contributed by atoms with E-state index in [9.17, 15) is 9.90 Å². The van der Waals surface area contributed by atoms with Crippen LogP contribution in [0.2, 0.25) is 5.02 Å². The molecule has 17 heavy (non-hydrogen) atoms. The van der Waals surface area contributed by atoms with Crippen LogP contribution < -0.4 is 5.32 Å². The quantitative estimate of drug-likeness (QED) is 0.847. The Kier molecular flexibility index (Phi) is 2.60. The molecule has 2 aliphatic carbocycles. The third-order valence-corrected chi connectivity index (χ3v) is 4.09. The van der Waals surface area contributed by atoms with Gasteiger partial charge in [-0.05, 0) is 48.9 Å². The summed E-state index contributed by atoms with van der Waals surface area (Å²) < 4.78 is 0. The summed E-state index contributed by atoms with van der Waals surface area (Å²) in [5.74, 6) is 0.984. The molecular weight excluding hydrogens is 238 g/mol. The summed E-state index contributed by atoms with van der Waals surface area (Å²) in [6.07, 6.45) is 1.37. The van der Waals surface area contributed by atoms with Crippen LogP contribution in [0.5, 0.6) is 0 Å². The molecule has 4 atom stereocenters. The average Bonchev–Trinajstić information content (AvgIpc) is 2.81. The van der Waals surface area contributed by atoms with Gasteiger partial charge in [-0.1, -0.05) is 11.6 Å². The first-order chi connectivity index (χ1) is 8.15. The Bertz CT molecular complexity index is 433. The van der Waals surface area contributed by atoms with Crippen molar-refractivity contribution < 1.29 is 9.90 Å². The number of anilines is 1. The molecule has 0 aromatic heterocycles. The predicted octanol–water partition coefficient (Wildman–Crippen LogP) is 2.30. The van der Waals surface area contributed by atoms with Gasteiger partial charge in [0.2, 0.25) is 5.91 Å². The topological polar surface area (TPSA) is 49.3 Å². The van der Waals surface area contributed by atoms with Gasteiger partial charge in [0.1, 0.15) is 0 Å². The lowest BCUT2D eigenvalue weighted by atomic mass is 10.1. The molecule has 2 aliphatic rings. The number of carbonyl (C=O) groups excluding carboxylic acids is 1. The van der Waals surface area contributed by atoms with Gasteiger partial charge in [0.05, 0.1) is 6.10 Å². The van der Waals surface area contributed by atoms with Crippen molar-refractivity contribution in [3.05, 3.63) is 29.3 Å². The number of hydrogen-bond acceptors (Lipinski definition) is 2. The molecule has 2 N–H and O–H groups in total. The molecule has 0 spiro atoms. The molecule has 4 heteroatoms. The molecule has 0 bridgehead atoms. The highest BCUT2D eigenvalue weighted by molar-refractivity contribution is 6.30. The first-order valence-corrected chi connectivity index (χ1v) is 6.27. The molecule has 2 fully saturated rings. The molecular formula is C13H14ClNO2. The summed E-state index contributed by atoms with van der Waals surface area (Å²) in [4.78, 5) is 12.0. The van der Waals surface area contributed by atoms with Crippen molar-refractivity contribution >= 4 is 23.2 Å². The van der Waals surface area contributed by atoms with Gasteiger partial charge in [0.25, 0.3) is 0 Å². The van der Waals surface area contributed by atoms with Gasteiger partial charge in [-0.3, -0.25) is 4.79 Å². The third-order valence-electron chi connectivity index (χ3n) is 3.83. The summed E-state index contributed by atoms with van der Waals surface area (Å²) in [5, 5.41) is 13.0. The smallest absolute Gasteiger partial charge is 0.228 e. The first-order valence-electron chi connectivity index (χ1n) is 5.89.